The van der Waals surface area contributed by atoms with E-state index in [-0.39, 0.29) is 0 Å². The summed E-state index contributed by atoms with van der Waals surface area (Å²) < 4.78 is 2.07. The number of hydrogen-bond donors (Lipinski definition) is 1. The fourth-order valence-corrected chi connectivity index (χ4v) is 2.03. The third-order valence-corrected chi connectivity index (χ3v) is 2.94. The summed E-state index contributed by atoms with van der Waals surface area (Å²) in [7, 11) is 0. The normalized spacial score (nSPS) is 14.4. The predicted octanol–water partition coefficient (Wildman–Crippen LogP) is 0.520. The van der Waals surface area contributed by atoms with Gasteiger partial charge in [0.2, 0.25) is 5.95 Å². The fraction of sp³-hybridized carbons (Fsp3) is 0.455. The van der Waals surface area contributed by atoms with Crippen LogP contribution >= 0.6 is 0 Å². The lowest BCUT2D eigenvalue weighted by Gasteiger charge is -2.28. The van der Waals surface area contributed by atoms with Crippen LogP contribution in [0, 0.1) is 0 Å². The first-order chi connectivity index (χ1) is 8.86. The maximum atomic E-state index is 4.49. The van der Waals surface area contributed by atoms with E-state index in [1.165, 1.54) is 0 Å². The number of rotatable bonds is 3. The van der Waals surface area contributed by atoms with Crippen LogP contribution in [0.1, 0.15) is 12.7 Å². The molecule has 1 aliphatic rings. The van der Waals surface area contributed by atoms with E-state index >= 15 is 0 Å². The summed E-state index contributed by atoms with van der Waals surface area (Å²) in [6.45, 7) is 5.39. The van der Waals surface area contributed by atoms with Crippen LogP contribution in [0.25, 0.3) is 0 Å². The highest BCUT2D eigenvalue weighted by atomic mass is 15.3. The Morgan fingerprint density at radius 2 is 2.33 bits per heavy atom. The number of nitrogens with zero attached hydrogens (tertiary/aromatic N) is 6. The molecular formula is C11H15N7. The maximum absolute atomic E-state index is 4.49. The Bertz CT molecular complexity index is 536. The molecule has 3 heterocycles. The molecule has 0 saturated carbocycles. The molecule has 0 radical (unpaired) electrons. The fourth-order valence-electron chi connectivity index (χ4n) is 2.03. The second-order valence-electron chi connectivity index (χ2n) is 4.13. The van der Waals surface area contributed by atoms with Crippen molar-refractivity contribution in [3.63, 3.8) is 0 Å². The van der Waals surface area contributed by atoms with E-state index in [1.807, 2.05) is 13.0 Å². The summed E-state index contributed by atoms with van der Waals surface area (Å²) >= 11 is 0. The average Bonchev–Trinajstić information content (AvgIpc) is 2.86. The molecule has 7 heteroatoms. The van der Waals surface area contributed by atoms with E-state index in [2.05, 4.69) is 34.9 Å². The van der Waals surface area contributed by atoms with E-state index in [9.17, 15) is 0 Å². The van der Waals surface area contributed by atoms with Crippen LogP contribution in [-0.2, 0) is 13.1 Å². The third kappa shape index (κ3) is 1.99. The zero-order valence-corrected chi connectivity index (χ0v) is 10.2. The largest absolute Gasteiger partial charge is 0.354 e. The molecule has 2 aromatic heterocycles. The standard InChI is InChI=1S/C11H15N7/c1-2-12-11-13-4-3-9(15-11)17-5-6-18-8-14-16-10(18)7-17/h3-4,8H,2,5-7H2,1H3,(H,12,13,15). The minimum atomic E-state index is 0.669. The van der Waals surface area contributed by atoms with Crippen molar-refractivity contribution in [3.05, 3.63) is 24.4 Å². The van der Waals surface area contributed by atoms with Gasteiger partial charge in [-0.15, -0.1) is 10.2 Å². The number of nitrogens with one attached hydrogen (secondary N) is 1. The van der Waals surface area contributed by atoms with Crippen LogP contribution in [0.4, 0.5) is 11.8 Å². The van der Waals surface area contributed by atoms with Gasteiger partial charge < -0.3 is 14.8 Å². The molecule has 0 saturated heterocycles. The molecule has 0 atom stereocenters. The van der Waals surface area contributed by atoms with Gasteiger partial charge in [-0.3, -0.25) is 0 Å². The van der Waals surface area contributed by atoms with Gasteiger partial charge in [-0.25, -0.2) is 4.98 Å². The molecule has 0 bridgehead atoms. The van der Waals surface area contributed by atoms with Crippen molar-refractivity contribution in [2.24, 2.45) is 0 Å². The molecule has 7 nitrogen and oxygen atoms in total. The Hall–Kier alpha value is -2.18. The Morgan fingerprint density at radius 1 is 1.39 bits per heavy atom. The first kappa shape index (κ1) is 10.9. The van der Waals surface area contributed by atoms with Gasteiger partial charge in [-0.05, 0) is 13.0 Å². The molecule has 18 heavy (non-hydrogen) atoms. The third-order valence-electron chi connectivity index (χ3n) is 2.94. The highest BCUT2D eigenvalue weighted by Gasteiger charge is 2.18. The van der Waals surface area contributed by atoms with Crippen molar-refractivity contribution in [2.75, 3.05) is 23.3 Å². The lowest BCUT2D eigenvalue weighted by molar-refractivity contribution is 0.556. The monoisotopic (exact) mass is 245 g/mol. The molecule has 3 rings (SSSR count). The highest BCUT2D eigenvalue weighted by molar-refractivity contribution is 5.43. The van der Waals surface area contributed by atoms with E-state index < -0.39 is 0 Å². The topological polar surface area (TPSA) is 71.8 Å². The maximum Gasteiger partial charge on any atom is 0.224 e. The summed E-state index contributed by atoms with van der Waals surface area (Å²) in [6, 6.07) is 1.92. The Labute approximate surface area is 105 Å². The van der Waals surface area contributed by atoms with Crippen LogP contribution in [0.5, 0.6) is 0 Å². The van der Waals surface area contributed by atoms with Gasteiger partial charge in [-0.1, -0.05) is 0 Å². The van der Waals surface area contributed by atoms with Crippen LogP contribution in [0.2, 0.25) is 0 Å². The van der Waals surface area contributed by atoms with Crippen molar-refractivity contribution < 1.29 is 0 Å². The van der Waals surface area contributed by atoms with Gasteiger partial charge in [0.05, 0.1) is 6.54 Å². The molecule has 0 fully saturated rings. The first-order valence-electron chi connectivity index (χ1n) is 6.05. The summed E-state index contributed by atoms with van der Waals surface area (Å²) in [5.74, 6) is 2.57. The lowest BCUT2D eigenvalue weighted by atomic mass is 10.3. The van der Waals surface area contributed by atoms with E-state index in [0.717, 1.165) is 37.8 Å². The van der Waals surface area contributed by atoms with Crippen molar-refractivity contribution in [1.29, 1.82) is 0 Å². The zero-order chi connectivity index (χ0) is 12.4. The van der Waals surface area contributed by atoms with E-state index in [4.69, 9.17) is 0 Å². The van der Waals surface area contributed by atoms with Crippen LogP contribution < -0.4 is 10.2 Å². The first-order valence-corrected chi connectivity index (χ1v) is 6.05. The Kier molecular flexibility index (Phi) is 2.79. The smallest absolute Gasteiger partial charge is 0.224 e. The van der Waals surface area contributed by atoms with E-state index in [1.54, 1.807) is 12.5 Å². The number of anilines is 2. The summed E-state index contributed by atoms with van der Waals surface area (Å²) in [6.07, 6.45) is 3.55. The van der Waals surface area contributed by atoms with Gasteiger partial charge in [0, 0.05) is 25.8 Å². The second kappa shape index (κ2) is 4.59. The predicted molar refractivity (Wildman–Crippen MR) is 67.3 cm³/mol. The molecule has 0 aromatic carbocycles. The van der Waals surface area contributed by atoms with E-state index in [0.29, 0.717) is 5.95 Å². The van der Waals surface area contributed by atoms with Gasteiger partial charge in [0.1, 0.15) is 12.1 Å². The zero-order valence-electron chi connectivity index (χ0n) is 10.2. The van der Waals surface area contributed by atoms with Crippen molar-refractivity contribution in [1.82, 2.24) is 24.7 Å². The van der Waals surface area contributed by atoms with Crippen molar-refractivity contribution in [2.45, 2.75) is 20.0 Å². The quantitative estimate of drug-likeness (QED) is 0.850. The van der Waals surface area contributed by atoms with Gasteiger partial charge in [-0.2, -0.15) is 4.98 Å². The molecule has 2 aromatic rings. The molecule has 0 unspecified atom stereocenters. The van der Waals surface area contributed by atoms with Gasteiger partial charge in [0.15, 0.2) is 5.82 Å². The minimum absolute atomic E-state index is 0.669. The van der Waals surface area contributed by atoms with Crippen LogP contribution in [0.15, 0.2) is 18.6 Å². The van der Waals surface area contributed by atoms with Gasteiger partial charge in [0.25, 0.3) is 0 Å². The lowest BCUT2D eigenvalue weighted by Crippen LogP contribution is -2.34. The average molecular weight is 245 g/mol. The minimum Gasteiger partial charge on any atom is -0.354 e. The summed E-state index contributed by atoms with van der Waals surface area (Å²) in [4.78, 5) is 10.9. The Balaban J connectivity index is 1.81. The number of hydrogen-bond acceptors (Lipinski definition) is 6. The van der Waals surface area contributed by atoms with Crippen LogP contribution in [-0.4, -0.2) is 37.8 Å². The molecular weight excluding hydrogens is 230 g/mol. The summed E-state index contributed by atoms with van der Waals surface area (Å²) in [5, 5.41) is 11.1. The number of fused-ring (bicyclic) bond motifs is 1. The van der Waals surface area contributed by atoms with Gasteiger partial charge >= 0.3 is 0 Å². The SMILES string of the molecule is CCNc1nccc(N2CCn3cnnc3C2)n1. The molecule has 0 amide bonds. The number of aromatic nitrogens is 5. The molecule has 0 spiro atoms. The van der Waals surface area contributed by atoms with Crippen molar-refractivity contribution in [3.8, 4) is 0 Å². The highest BCUT2D eigenvalue weighted by Crippen LogP contribution is 2.18. The molecule has 1 aliphatic heterocycles. The Morgan fingerprint density at radius 3 is 3.22 bits per heavy atom. The van der Waals surface area contributed by atoms with Crippen molar-refractivity contribution >= 4 is 11.8 Å². The molecule has 94 valence electrons. The summed E-state index contributed by atoms with van der Waals surface area (Å²) in [5.41, 5.74) is 0. The van der Waals surface area contributed by atoms with Crippen LogP contribution in [0.3, 0.4) is 0 Å². The second-order valence-corrected chi connectivity index (χ2v) is 4.13. The molecule has 0 aliphatic carbocycles. The molecule has 1 N–H and O–H groups in total.